The third kappa shape index (κ3) is 4.48. The normalized spacial score (nSPS) is 17.0. The summed E-state index contributed by atoms with van der Waals surface area (Å²) in [6.07, 6.45) is 2.63. The fourth-order valence-electron chi connectivity index (χ4n) is 1.59. The van der Waals surface area contributed by atoms with E-state index < -0.39 is 11.9 Å². The summed E-state index contributed by atoms with van der Waals surface area (Å²) in [5.41, 5.74) is 10.6. The van der Waals surface area contributed by atoms with E-state index in [2.05, 4.69) is 0 Å². The minimum atomic E-state index is -0.569. The molecule has 1 unspecified atom stereocenters. The number of nitrogens with zero attached hydrogens (tertiary/aromatic N) is 1. The molecular weight excluding hydrogens is 218 g/mol. The summed E-state index contributed by atoms with van der Waals surface area (Å²) in [5.74, 6) is -0.460. The monoisotopic (exact) mass is 235 g/mol. The van der Waals surface area contributed by atoms with Crippen molar-refractivity contribution in [1.82, 2.24) is 4.90 Å². The predicted molar refractivity (Wildman–Crippen MR) is 59.5 cm³/mol. The van der Waals surface area contributed by atoms with Crippen molar-refractivity contribution in [1.29, 1.82) is 0 Å². The Labute approximate surface area is 95.6 Å². The van der Waals surface area contributed by atoms with E-state index in [-0.39, 0.29) is 24.7 Å². The number of nitrogens with two attached hydrogens (primary N) is 2. The van der Waals surface area contributed by atoms with Crippen LogP contribution in [0.15, 0.2) is 0 Å². The van der Waals surface area contributed by atoms with Crippen molar-refractivity contribution in [2.75, 3.05) is 13.1 Å². The second kappa shape index (κ2) is 6.63. The molecule has 1 heterocycles. The molecule has 1 aliphatic rings. The van der Waals surface area contributed by atoms with Crippen LogP contribution in [-0.2, 0) is 9.59 Å². The zero-order valence-corrected chi connectivity index (χ0v) is 9.46. The van der Waals surface area contributed by atoms with Gasteiger partial charge in [-0.3, -0.25) is 9.59 Å². The molecule has 0 aliphatic carbocycles. The van der Waals surface area contributed by atoms with Crippen LogP contribution < -0.4 is 11.5 Å². The van der Waals surface area contributed by atoms with Gasteiger partial charge in [0.05, 0.1) is 6.04 Å². The van der Waals surface area contributed by atoms with Crippen molar-refractivity contribution in [2.24, 2.45) is 11.5 Å². The molecule has 2 amide bonds. The molecule has 1 aliphatic heterocycles. The molecule has 1 rings (SSSR count). The fraction of sp³-hybridized carbons (Fsp3) is 0.778. The van der Waals surface area contributed by atoms with Gasteiger partial charge in [-0.2, -0.15) is 0 Å². The van der Waals surface area contributed by atoms with Crippen LogP contribution in [0.5, 0.6) is 0 Å². The first-order valence-electron chi connectivity index (χ1n) is 4.94. The molecule has 15 heavy (non-hydrogen) atoms. The van der Waals surface area contributed by atoms with Crippen LogP contribution in [0.2, 0.25) is 0 Å². The van der Waals surface area contributed by atoms with Gasteiger partial charge < -0.3 is 16.4 Å². The van der Waals surface area contributed by atoms with Crippen LogP contribution in [0.3, 0.4) is 0 Å². The van der Waals surface area contributed by atoms with Crippen molar-refractivity contribution in [3.8, 4) is 0 Å². The molecule has 5 nitrogen and oxygen atoms in total. The van der Waals surface area contributed by atoms with E-state index in [0.29, 0.717) is 6.42 Å². The van der Waals surface area contributed by atoms with Crippen molar-refractivity contribution in [2.45, 2.75) is 31.7 Å². The molecule has 0 spiro atoms. The lowest BCUT2D eigenvalue weighted by molar-refractivity contribution is -0.131. The Kier molecular flexibility index (Phi) is 6.27. The maximum Gasteiger partial charge on any atom is 0.239 e. The maximum absolute atomic E-state index is 11.6. The summed E-state index contributed by atoms with van der Waals surface area (Å²) in [6, 6.07) is -0.569. The molecule has 1 fully saturated rings. The van der Waals surface area contributed by atoms with Gasteiger partial charge in [-0.1, -0.05) is 0 Å². The average molecular weight is 236 g/mol. The first kappa shape index (κ1) is 14.2. The highest BCUT2D eigenvalue weighted by molar-refractivity contribution is 5.85. The summed E-state index contributed by atoms with van der Waals surface area (Å²) >= 11 is 0. The van der Waals surface area contributed by atoms with Gasteiger partial charge in [-0.05, 0) is 19.3 Å². The number of likely N-dealkylation sites (tertiary alicyclic amines) is 1. The average Bonchev–Trinajstić information content (AvgIpc) is 2.65. The van der Waals surface area contributed by atoms with E-state index in [1.54, 1.807) is 4.90 Å². The van der Waals surface area contributed by atoms with Crippen molar-refractivity contribution in [3.63, 3.8) is 0 Å². The second-order valence-electron chi connectivity index (χ2n) is 3.64. The quantitative estimate of drug-likeness (QED) is 0.696. The number of primary amides is 1. The SMILES string of the molecule is Cl.NC(=O)CCC(N)C(=O)N1CCCC1. The Morgan fingerprint density at radius 2 is 1.80 bits per heavy atom. The number of rotatable bonds is 4. The van der Waals surface area contributed by atoms with Crippen LogP contribution in [0, 0.1) is 0 Å². The highest BCUT2D eigenvalue weighted by Gasteiger charge is 2.23. The van der Waals surface area contributed by atoms with E-state index in [9.17, 15) is 9.59 Å². The van der Waals surface area contributed by atoms with Crippen LogP contribution >= 0.6 is 12.4 Å². The highest BCUT2D eigenvalue weighted by Crippen LogP contribution is 2.10. The number of hydrogen-bond donors (Lipinski definition) is 2. The molecule has 0 bridgehead atoms. The molecule has 0 aromatic rings. The lowest BCUT2D eigenvalue weighted by atomic mass is 10.1. The summed E-state index contributed by atoms with van der Waals surface area (Å²) in [7, 11) is 0. The van der Waals surface area contributed by atoms with E-state index in [1.807, 2.05) is 0 Å². The van der Waals surface area contributed by atoms with Crippen LogP contribution in [-0.4, -0.2) is 35.8 Å². The lowest BCUT2D eigenvalue weighted by Gasteiger charge is -2.19. The van der Waals surface area contributed by atoms with E-state index in [0.717, 1.165) is 25.9 Å². The summed E-state index contributed by atoms with van der Waals surface area (Å²) in [6.45, 7) is 1.59. The van der Waals surface area contributed by atoms with Gasteiger partial charge in [-0.15, -0.1) is 12.4 Å². The Hall–Kier alpha value is -0.810. The minimum Gasteiger partial charge on any atom is -0.370 e. The fourth-order valence-corrected chi connectivity index (χ4v) is 1.59. The first-order chi connectivity index (χ1) is 6.61. The molecular formula is C9H18ClN3O2. The number of carbonyl (C=O) groups excluding carboxylic acids is 2. The molecule has 0 radical (unpaired) electrons. The zero-order chi connectivity index (χ0) is 10.6. The Balaban J connectivity index is 0.00000196. The molecule has 6 heteroatoms. The molecule has 0 aromatic heterocycles. The standard InChI is InChI=1S/C9H17N3O2.ClH/c10-7(3-4-8(11)13)9(14)12-5-1-2-6-12;/h7H,1-6,10H2,(H2,11,13);1H. The minimum absolute atomic E-state index is 0. The second-order valence-corrected chi connectivity index (χ2v) is 3.64. The molecule has 1 saturated heterocycles. The first-order valence-corrected chi connectivity index (χ1v) is 4.94. The van der Waals surface area contributed by atoms with Gasteiger partial charge in [0.25, 0.3) is 0 Å². The van der Waals surface area contributed by atoms with Gasteiger partial charge in [0.15, 0.2) is 0 Å². The van der Waals surface area contributed by atoms with Crippen molar-refractivity contribution in [3.05, 3.63) is 0 Å². The largest absolute Gasteiger partial charge is 0.370 e. The van der Waals surface area contributed by atoms with Crippen molar-refractivity contribution < 1.29 is 9.59 Å². The Bertz CT molecular complexity index is 229. The number of halogens is 1. The van der Waals surface area contributed by atoms with Gasteiger partial charge in [0.1, 0.15) is 0 Å². The topological polar surface area (TPSA) is 89.4 Å². The maximum atomic E-state index is 11.6. The molecule has 0 aromatic carbocycles. The summed E-state index contributed by atoms with van der Waals surface area (Å²) in [5, 5.41) is 0. The Morgan fingerprint density at radius 1 is 1.27 bits per heavy atom. The predicted octanol–water partition coefficient (Wildman–Crippen LogP) is -0.377. The molecule has 88 valence electrons. The van der Waals surface area contributed by atoms with Gasteiger partial charge in [-0.25, -0.2) is 0 Å². The highest BCUT2D eigenvalue weighted by atomic mass is 35.5. The van der Waals surface area contributed by atoms with Crippen molar-refractivity contribution >= 4 is 24.2 Å². The number of carbonyl (C=O) groups is 2. The van der Waals surface area contributed by atoms with Gasteiger partial charge in [0.2, 0.25) is 11.8 Å². The molecule has 4 N–H and O–H groups in total. The summed E-state index contributed by atoms with van der Waals surface area (Å²) < 4.78 is 0. The van der Waals surface area contributed by atoms with E-state index in [1.165, 1.54) is 0 Å². The number of hydrogen-bond acceptors (Lipinski definition) is 3. The third-order valence-electron chi connectivity index (χ3n) is 2.44. The Morgan fingerprint density at radius 3 is 2.27 bits per heavy atom. The van der Waals surface area contributed by atoms with Crippen LogP contribution in [0.25, 0.3) is 0 Å². The zero-order valence-electron chi connectivity index (χ0n) is 8.65. The smallest absolute Gasteiger partial charge is 0.239 e. The lowest BCUT2D eigenvalue weighted by Crippen LogP contribution is -2.42. The van der Waals surface area contributed by atoms with E-state index in [4.69, 9.17) is 11.5 Å². The molecule has 0 saturated carbocycles. The van der Waals surface area contributed by atoms with Crippen LogP contribution in [0.4, 0.5) is 0 Å². The van der Waals surface area contributed by atoms with Gasteiger partial charge >= 0.3 is 0 Å². The van der Waals surface area contributed by atoms with Gasteiger partial charge in [0, 0.05) is 19.5 Å². The van der Waals surface area contributed by atoms with E-state index >= 15 is 0 Å². The molecule has 1 atom stereocenters. The summed E-state index contributed by atoms with van der Waals surface area (Å²) in [4.78, 5) is 23.9. The van der Waals surface area contributed by atoms with Crippen LogP contribution in [0.1, 0.15) is 25.7 Å². The third-order valence-corrected chi connectivity index (χ3v) is 2.44. The number of amides is 2.